The summed E-state index contributed by atoms with van der Waals surface area (Å²) in [4.78, 5) is 27.9. The summed E-state index contributed by atoms with van der Waals surface area (Å²) in [6, 6.07) is 6.89. The van der Waals surface area contributed by atoms with Crippen LogP contribution in [0.1, 0.15) is 36.2 Å². The summed E-state index contributed by atoms with van der Waals surface area (Å²) >= 11 is 0. The third kappa shape index (κ3) is 3.37. The van der Waals surface area contributed by atoms with E-state index in [9.17, 15) is 19.1 Å². The van der Waals surface area contributed by atoms with Crippen LogP contribution in [0.3, 0.4) is 0 Å². The van der Waals surface area contributed by atoms with Crippen LogP contribution in [0.5, 0.6) is 5.88 Å². The van der Waals surface area contributed by atoms with Gasteiger partial charge in [-0.3, -0.25) is 14.5 Å². The maximum Gasteiger partial charge on any atom is 0.327 e. The quantitative estimate of drug-likeness (QED) is 0.467. The fourth-order valence-corrected chi connectivity index (χ4v) is 4.06. The Hall–Kier alpha value is -3.81. The van der Waals surface area contributed by atoms with Gasteiger partial charge in [0.25, 0.3) is 11.6 Å². The minimum Gasteiger partial charge on any atom is -0.858 e. The number of rotatable bonds is 4. The molecule has 164 valence electrons. The molecule has 3 heterocycles. The third-order valence-electron chi connectivity index (χ3n) is 5.35. The van der Waals surface area contributed by atoms with Crippen molar-refractivity contribution in [3.63, 3.8) is 0 Å². The maximum absolute atomic E-state index is 13.4. The Morgan fingerprint density at radius 2 is 1.59 bits per heavy atom. The number of pyridine rings is 1. The highest BCUT2D eigenvalue weighted by Crippen LogP contribution is 2.37. The summed E-state index contributed by atoms with van der Waals surface area (Å²) in [7, 11) is 0. The molecule has 1 aliphatic rings. The number of hydrogen-bond acceptors (Lipinski definition) is 4. The van der Waals surface area contributed by atoms with Crippen molar-refractivity contribution in [1.29, 1.82) is 0 Å². The normalized spacial score (nSPS) is 14.3. The van der Waals surface area contributed by atoms with Gasteiger partial charge in [-0.1, -0.05) is 0 Å². The molecule has 1 aromatic carbocycles. The largest absolute Gasteiger partial charge is 0.858 e. The highest BCUT2D eigenvalue weighted by Gasteiger charge is 2.47. The number of carbonyl (C=O) groups is 2. The number of hydrogen-bond donors (Lipinski definition) is 0. The molecule has 0 saturated heterocycles. The fourth-order valence-electron chi connectivity index (χ4n) is 4.06. The number of halogens is 1. The average Bonchev–Trinajstić information content (AvgIpc) is 3.13. The Kier molecular flexibility index (Phi) is 5.16. The molecule has 32 heavy (non-hydrogen) atoms. The van der Waals surface area contributed by atoms with Crippen LogP contribution in [-0.4, -0.2) is 32.5 Å². The van der Waals surface area contributed by atoms with E-state index in [4.69, 9.17) is 0 Å². The van der Waals surface area contributed by atoms with E-state index in [2.05, 4.69) is 5.10 Å². The number of benzene rings is 1. The van der Waals surface area contributed by atoms with E-state index in [0.717, 1.165) is 20.7 Å². The summed E-state index contributed by atoms with van der Waals surface area (Å²) in [6.07, 6.45) is 3.50. The van der Waals surface area contributed by atoms with Gasteiger partial charge < -0.3 is 5.11 Å². The van der Waals surface area contributed by atoms with Gasteiger partial charge in [0.1, 0.15) is 11.4 Å². The summed E-state index contributed by atoms with van der Waals surface area (Å²) in [5, 5.41) is 17.7. The van der Waals surface area contributed by atoms with E-state index < -0.39 is 29.6 Å². The summed E-state index contributed by atoms with van der Waals surface area (Å²) < 4.78 is 16.1. The minimum atomic E-state index is -0.543. The van der Waals surface area contributed by atoms with E-state index in [-0.39, 0.29) is 16.8 Å². The fraction of sp³-hybridized carbons (Fsp3) is 0.250. The van der Waals surface area contributed by atoms with Crippen molar-refractivity contribution >= 4 is 23.1 Å². The summed E-state index contributed by atoms with van der Waals surface area (Å²) in [6.45, 7) is 8.89. The van der Waals surface area contributed by atoms with Gasteiger partial charge in [0.2, 0.25) is 0 Å². The molecule has 1 aliphatic heterocycles. The molecule has 0 spiro atoms. The molecule has 8 heteroatoms. The minimum absolute atomic E-state index is 0.0227. The molecule has 0 atom stereocenters. The SMILES string of the molecule is Cc1cc(C)c[n+](C2=C(c3c(C)nn(-c4ccc(F)cc4)c3[O-])C(=O)N(C(C)C)C2=O)c1. The summed E-state index contributed by atoms with van der Waals surface area (Å²) in [5.74, 6) is -1.99. The highest BCUT2D eigenvalue weighted by molar-refractivity contribution is 6.45. The monoisotopic (exact) mass is 434 g/mol. The van der Waals surface area contributed by atoms with Crippen molar-refractivity contribution in [2.45, 2.75) is 40.7 Å². The van der Waals surface area contributed by atoms with Crippen molar-refractivity contribution < 1.29 is 23.7 Å². The second-order valence-electron chi connectivity index (χ2n) is 8.25. The third-order valence-corrected chi connectivity index (χ3v) is 5.35. The van der Waals surface area contributed by atoms with Crippen molar-refractivity contribution in [2.75, 3.05) is 0 Å². The van der Waals surface area contributed by atoms with Crippen molar-refractivity contribution in [3.05, 3.63) is 70.9 Å². The molecule has 0 N–H and O–H groups in total. The first kappa shape index (κ1) is 21.4. The van der Waals surface area contributed by atoms with Gasteiger partial charge in [0.15, 0.2) is 12.4 Å². The molecule has 0 bridgehead atoms. The summed E-state index contributed by atoms with van der Waals surface area (Å²) in [5.41, 5.74) is 2.69. The van der Waals surface area contributed by atoms with Crippen LogP contribution in [0, 0.1) is 26.6 Å². The van der Waals surface area contributed by atoms with E-state index in [0.29, 0.717) is 11.4 Å². The Labute approximate surface area is 185 Å². The van der Waals surface area contributed by atoms with Crippen LogP contribution in [0.4, 0.5) is 4.39 Å². The topological polar surface area (TPSA) is 82.1 Å². The van der Waals surface area contributed by atoms with Gasteiger partial charge in [-0.15, -0.1) is 0 Å². The molecule has 0 saturated carbocycles. The molecule has 0 aliphatic carbocycles. The van der Waals surface area contributed by atoms with E-state index >= 15 is 0 Å². The molecule has 7 nitrogen and oxygen atoms in total. The molecule has 3 aromatic rings. The van der Waals surface area contributed by atoms with E-state index in [1.165, 1.54) is 24.3 Å². The van der Waals surface area contributed by atoms with Gasteiger partial charge in [0, 0.05) is 22.7 Å². The number of carbonyl (C=O) groups excluding carboxylic acids is 2. The lowest BCUT2D eigenvalue weighted by Gasteiger charge is -2.18. The second-order valence-corrected chi connectivity index (χ2v) is 8.25. The van der Waals surface area contributed by atoms with Gasteiger partial charge in [-0.25, -0.2) is 9.07 Å². The predicted molar refractivity (Wildman–Crippen MR) is 114 cm³/mol. The molecule has 2 aromatic heterocycles. The van der Waals surface area contributed by atoms with Crippen LogP contribution >= 0.6 is 0 Å². The van der Waals surface area contributed by atoms with Gasteiger partial charge in [-0.05, 0) is 70.8 Å². The van der Waals surface area contributed by atoms with Crippen LogP contribution < -0.4 is 9.67 Å². The zero-order chi connectivity index (χ0) is 23.3. The number of amides is 2. The smallest absolute Gasteiger partial charge is 0.327 e. The van der Waals surface area contributed by atoms with Crippen LogP contribution in [0.25, 0.3) is 17.0 Å². The first-order valence-electron chi connectivity index (χ1n) is 10.2. The van der Waals surface area contributed by atoms with Gasteiger partial charge in [-0.2, -0.15) is 9.67 Å². The number of imide groups is 1. The van der Waals surface area contributed by atoms with Crippen molar-refractivity contribution in [1.82, 2.24) is 14.7 Å². The lowest BCUT2D eigenvalue weighted by Crippen LogP contribution is -2.42. The Bertz CT molecular complexity index is 1270. The van der Waals surface area contributed by atoms with Gasteiger partial charge >= 0.3 is 5.91 Å². The lowest BCUT2D eigenvalue weighted by atomic mass is 10.0. The molecular weight excluding hydrogens is 411 g/mol. The average molecular weight is 434 g/mol. The molecule has 0 unspecified atom stereocenters. The second kappa shape index (κ2) is 7.71. The molecular formula is C24H23FN4O3. The molecule has 0 fully saturated rings. The van der Waals surface area contributed by atoms with Crippen molar-refractivity contribution in [2.24, 2.45) is 0 Å². The Balaban J connectivity index is 2.00. The number of nitrogens with zero attached hydrogens (tertiary/aromatic N) is 4. The first-order valence-corrected chi connectivity index (χ1v) is 10.2. The highest BCUT2D eigenvalue weighted by atomic mass is 19.1. The van der Waals surface area contributed by atoms with Crippen LogP contribution in [0.15, 0.2) is 42.7 Å². The molecule has 0 radical (unpaired) electrons. The van der Waals surface area contributed by atoms with E-state index in [1.54, 1.807) is 37.7 Å². The standard InChI is InChI=1S/C24H23FN4O3/c1-13(2)28-22(30)20(21(24(28)32)27-11-14(3)10-15(4)12-27)19-16(5)26-29(23(19)31)18-8-6-17(25)7-9-18/h6-13H,1-5H3. The maximum atomic E-state index is 13.4. The Morgan fingerprint density at radius 1 is 1.00 bits per heavy atom. The van der Waals surface area contributed by atoms with Crippen LogP contribution in [-0.2, 0) is 9.59 Å². The zero-order valence-electron chi connectivity index (χ0n) is 18.5. The van der Waals surface area contributed by atoms with Crippen molar-refractivity contribution in [3.8, 4) is 11.6 Å². The number of aryl methyl sites for hydroxylation is 3. The lowest BCUT2D eigenvalue weighted by molar-refractivity contribution is -0.577. The molecule has 2 amide bonds. The van der Waals surface area contributed by atoms with Gasteiger partial charge in [0.05, 0.1) is 11.4 Å². The molecule has 4 rings (SSSR count). The first-order chi connectivity index (χ1) is 15.1. The van der Waals surface area contributed by atoms with Crippen LogP contribution in [0.2, 0.25) is 0 Å². The predicted octanol–water partition coefficient (Wildman–Crippen LogP) is 2.44. The number of aromatic nitrogens is 3. The zero-order valence-corrected chi connectivity index (χ0v) is 18.5. The Morgan fingerprint density at radius 3 is 2.16 bits per heavy atom. The van der Waals surface area contributed by atoms with E-state index in [1.807, 2.05) is 19.9 Å².